The Morgan fingerprint density at radius 2 is 1.87 bits per heavy atom. The van der Waals surface area contributed by atoms with Crippen LogP contribution < -0.4 is 0 Å². The lowest BCUT2D eigenvalue weighted by molar-refractivity contribution is -0.0547. The van der Waals surface area contributed by atoms with Crippen molar-refractivity contribution >= 4 is 12.1 Å². The number of rotatable bonds is 3. The van der Waals surface area contributed by atoms with Crippen LogP contribution in [0.2, 0.25) is 0 Å². The Labute approximate surface area is 90.0 Å². The van der Waals surface area contributed by atoms with E-state index in [0.717, 1.165) is 12.1 Å². The largest absolute Gasteiger partial charge is 0.278 e. The minimum Gasteiger partial charge on any atom is -0.205 e. The van der Waals surface area contributed by atoms with Gasteiger partial charge in [-0.15, -0.1) is 0 Å². The molecule has 0 nitrogen and oxygen atoms in total. The van der Waals surface area contributed by atoms with Crippen LogP contribution in [0, 0.1) is 11.7 Å². The summed E-state index contributed by atoms with van der Waals surface area (Å²) in [5.74, 6) is -5.49. The number of benzene rings is 1. The van der Waals surface area contributed by atoms with E-state index in [9.17, 15) is 17.1 Å². The van der Waals surface area contributed by atoms with E-state index in [0.29, 0.717) is 0 Å². The standard InChI is InChI=1S/C10H10F4S/c1-6(2)10(12,13)7-4-3-5-8(15-14)9(7)11/h3-6H,1-2H3. The second-order valence-corrected chi connectivity index (χ2v) is 4.07. The summed E-state index contributed by atoms with van der Waals surface area (Å²) in [6.45, 7) is 2.57. The molecule has 0 aliphatic rings. The Hall–Kier alpha value is -0.710. The molecule has 0 radical (unpaired) electrons. The molecule has 0 N–H and O–H groups in total. The van der Waals surface area contributed by atoms with Crippen LogP contribution >= 0.6 is 12.1 Å². The molecular formula is C10H10F4S. The van der Waals surface area contributed by atoms with Crippen LogP contribution in [0.4, 0.5) is 17.1 Å². The Morgan fingerprint density at radius 3 is 2.33 bits per heavy atom. The third-order valence-corrected chi connectivity index (χ3v) is 2.61. The van der Waals surface area contributed by atoms with Gasteiger partial charge in [0.1, 0.15) is 5.82 Å². The van der Waals surface area contributed by atoms with Crippen LogP contribution in [0.3, 0.4) is 0 Å². The van der Waals surface area contributed by atoms with E-state index >= 15 is 0 Å². The summed E-state index contributed by atoms with van der Waals surface area (Å²) in [5, 5.41) is 0. The van der Waals surface area contributed by atoms with Crippen LogP contribution in [0.25, 0.3) is 0 Å². The number of hydrogen-bond donors (Lipinski definition) is 0. The van der Waals surface area contributed by atoms with Crippen molar-refractivity contribution in [1.82, 2.24) is 0 Å². The van der Waals surface area contributed by atoms with Crippen LogP contribution in [0.1, 0.15) is 19.4 Å². The first-order chi connectivity index (χ1) is 6.91. The topological polar surface area (TPSA) is 0 Å². The quantitative estimate of drug-likeness (QED) is 0.696. The number of hydrogen-bond acceptors (Lipinski definition) is 1. The fraction of sp³-hybridized carbons (Fsp3) is 0.400. The zero-order valence-electron chi connectivity index (χ0n) is 8.23. The molecule has 0 aromatic heterocycles. The molecule has 1 rings (SSSR count). The molecule has 0 aliphatic carbocycles. The smallest absolute Gasteiger partial charge is 0.205 e. The highest BCUT2D eigenvalue weighted by molar-refractivity contribution is 7.94. The molecule has 0 spiro atoms. The molecule has 0 atom stereocenters. The van der Waals surface area contributed by atoms with E-state index < -0.39 is 28.1 Å². The predicted molar refractivity (Wildman–Crippen MR) is 52.1 cm³/mol. The first-order valence-corrected chi connectivity index (χ1v) is 5.08. The summed E-state index contributed by atoms with van der Waals surface area (Å²) < 4.78 is 52.5. The summed E-state index contributed by atoms with van der Waals surface area (Å²) in [7, 11) is 0. The molecule has 0 aliphatic heterocycles. The van der Waals surface area contributed by atoms with E-state index in [-0.39, 0.29) is 12.1 Å². The van der Waals surface area contributed by atoms with E-state index in [1.807, 2.05) is 0 Å². The van der Waals surface area contributed by atoms with Crippen molar-refractivity contribution in [3.63, 3.8) is 0 Å². The second-order valence-electron chi connectivity index (χ2n) is 3.47. The number of halogens is 4. The zero-order chi connectivity index (χ0) is 11.6. The monoisotopic (exact) mass is 238 g/mol. The summed E-state index contributed by atoms with van der Waals surface area (Å²) in [6.07, 6.45) is 0. The minimum atomic E-state index is -3.28. The molecule has 0 heterocycles. The maximum absolute atomic E-state index is 13.5. The normalized spacial score (nSPS) is 12.2. The van der Waals surface area contributed by atoms with Gasteiger partial charge in [-0.3, -0.25) is 0 Å². The highest BCUT2D eigenvalue weighted by atomic mass is 32.2. The SMILES string of the molecule is CC(C)C(F)(F)c1cccc(SF)c1F. The van der Waals surface area contributed by atoms with Crippen molar-refractivity contribution in [2.45, 2.75) is 24.7 Å². The fourth-order valence-electron chi connectivity index (χ4n) is 1.14. The Bertz CT molecular complexity index is 349. The predicted octanol–water partition coefficient (Wildman–Crippen LogP) is 4.55. The zero-order valence-corrected chi connectivity index (χ0v) is 9.05. The molecule has 1 aromatic carbocycles. The van der Waals surface area contributed by atoms with Gasteiger partial charge in [0, 0.05) is 5.92 Å². The van der Waals surface area contributed by atoms with E-state index in [1.165, 1.54) is 19.9 Å². The van der Waals surface area contributed by atoms with Gasteiger partial charge in [0.25, 0.3) is 5.92 Å². The number of alkyl halides is 2. The van der Waals surface area contributed by atoms with Crippen molar-refractivity contribution in [3.05, 3.63) is 29.6 Å². The molecule has 0 saturated heterocycles. The Kier molecular flexibility index (Phi) is 3.65. The fourth-order valence-corrected chi connectivity index (χ4v) is 1.45. The van der Waals surface area contributed by atoms with Crippen molar-refractivity contribution in [3.8, 4) is 0 Å². The average molecular weight is 238 g/mol. The highest BCUT2D eigenvalue weighted by Crippen LogP contribution is 2.39. The van der Waals surface area contributed by atoms with Gasteiger partial charge in [0.15, 0.2) is 0 Å². The van der Waals surface area contributed by atoms with Gasteiger partial charge >= 0.3 is 0 Å². The van der Waals surface area contributed by atoms with Crippen molar-refractivity contribution < 1.29 is 17.1 Å². The molecule has 84 valence electrons. The van der Waals surface area contributed by atoms with Crippen molar-refractivity contribution in [2.75, 3.05) is 0 Å². The van der Waals surface area contributed by atoms with E-state index in [1.54, 1.807) is 0 Å². The van der Waals surface area contributed by atoms with Gasteiger partial charge in [-0.25, -0.2) is 13.2 Å². The summed E-state index contributed by atoms with van der Waals surface area (Å²) in [5.41, 5.74) is -0.750. The van der Waals surface area contributed by atoms with Gasteiger partial charge in [-0.2, -0.15) is 3.89 Å². The molecular weight excluding hydrogens is 228 g/mol. The summed E-state index contributed by atoms with van der Waals surface area (Å²) in [6, 6.07) is 3.32. The average Bonchev–Trinajstić information content (AvgIpc) is 2.17. The van der Waals surface area contributed by atoms with E-state index in [4.69, 9.17) is 0 Å². The van der Waals surface area contributed by atoms with Gasteiger partial charge in [-0.05, 0) is 12.1 Å². The molecule has 0 saturated carbocycles. The molecule has 0 amide bonds. The van der Waals surface area contributed by atoms with Gasteiger partial charge in [-0.1, -0.05) is 19.9 Å². The Balaban J connectivity index is 3.26. The summed E-state index contributed by atoms with van der Waals surface area (Å²) >= 11 is -0.371. The van der Waals surface area contributed by atoms with Gasteiger partial charge in [0.2, 0.25) is 0 Å². The molecule has 1 aromatic rings. The maximum Gasteiger partial charge on any atom is 0.278 e. The molecule has 0 bridgehead atoms. The van der Waals surface area contributed by atoms with E-state index in [2.05, 4.69) is 0 Å². The van der Waals surface area contributed by atoms with Gasteiger partial charge < -0.3 is 0 Å². The van der Waals surface area contributed by atoms with Gasteiger partial charge in [0.05, 0.1) is 22.6 Å². The van der Waals surface area contributed by atoms with Crippen molar-refractivity contribution in [2.24, 2.45) is 5.92 Å². The maximum atomic E-state index is 13.5. The molecule has 0 fully saturated rings. The molecule has 15 heavy (non-hydrogen) atoms. The van der Waals surface area contributed by atoms with Crippen LogP contribution in [-0.4, -0.2) is 0 Å². The van der Waals surface area contributed by atoms with Crippen LogP contribution in [0.15, 0.2) is 23.1 Å². The highest BCUT2D eigenvalue weighted by Gasteiger charge is 2.38. The van der Waals surface area contributed by atoms with Crippen LogP contribution in [-0.2, 0) is 5.92 Å². The summed E-state index contributed by atoms with van der Waals surface area (Å²) in [4.78, 5) is -0.409. The first kappa shape index (κ1) is 12.4. The second kappa shape index (κ2) is 4.43. The molecule has 0 unspecified atom stereocenters. The lowest BCUT2D eigenvalue weighted by Gasteiger charge is -2.21. The third-order valence-electron chi connectivity index (χ3n) is 2.13. The Morgan fingerprint density at radius 1 is 1.27 bits per heavy atom. The first-order valence-electron chi connectivity index (χ1n) is 4.36. The minimum absolute atomic E-state index is 0.371. The van der Waals surface area contributed by atoms with Crippen LogP contribution in [0.5, 0.6) is 0 Å². The lowest BCUT2D eigenvalue weighted by atomic mass is 9.97. The van der Waals surface area contributed by atoms with Crippen molar-refractivity contribution in [1.29, 1.82) is 0 Å². The third kappa shape index (κ3) is 2.27. The lowest BCUT2D eigenvalue weighted by Crippen LogP contribution is -2.22. The molecule has 5 heteroatoms.